The van der Waals surface area contributed by atoms with Crippen LogP contribution in [0.2, 0.25) is 0 Å². The van der Waals surface area contributed by atoms with E-state index in [1.807, 2.05) is 36.5 Å². The molecule has 12 nitrogen and oxygen atoms in total. The molecular formula is C48H78NO11P. The molecule has 0 aromatic heterocycles. The van der Waals surface area contributed by atoms with Gasteiger partial charge in [-0.25, -0.2) is 4.57 Å². The van der Waals surface area contributed by atoms with E-state index in [1.165, 1.54) is 38.5 Å². The lowest BCUT2D eigenvalue weighted by Gasteiger charge is -2.20. The Labute approximate surface area is 367 Å². The van der Waals surface area contributed by atoms with Gasteiger partial charge in [0.15, 0.2) is 6.10 Å². The van der Waals surface area contributed by atoms with E-state index in [0.29, 0.717) is 32.1 Å². The summed E-state index contributed by atoms with van der Waals surface area (Å²) in [6.45, 7) is 2.55. The van der Waals surface area contributed by atoms with E-state index in [1.54, 1.807) is 6.08 Å². The normalized spacial score (nSPS) is 15.1. The molecular weight excluding hydrogens is 797 g/mol. The number of phosphoric acid groups is 1. The quantitative estimate of drug-likeness (QED) is 0.0150. The molecule has 0 spiro atoms. The first kappa shape index (κ1) is 57.4. The second kappa shape index (κ2) is 41.7. The van der Waals surface area contributed by atoms with E-state index >= 15 is 0 Å². The zero-order chi connectivity index (χ0) is 45.1. The van der Waals surface area contributed by atoms with Crippen molar-refractivity contribution in [1.82, 2.24) is 0 Å². The van der Waals surface area contributed by atoms with Gasteiger partial charge < -0.3 is 30.3 Å². The average Bonchev–Trinajstić information content (AvgIpc) is 3.23. The Morgan fingerprint density at radius 3 is 1.66 bits per heavy atom. The molecule has 0 aliphatic heterocycles. The van der Waals surface area contributed by atoms with Crippen LogP contribution >= 0.6 is 7.82 Å². The molecule has 0 saturated carbocycles. The first-order valence-corrected chi connectivity index (χ1v) is 23.9. The second-order valence-corrected chi connectivity index (χ2v) is 16.1. The number of aliphatic carboxylic acids is 1. The third-order valence-electron chi connectivity index (χ3n) is 8.89. The average molecular weight is 876 g/mol. The summed E-state index contributed by atoms with van der Waals surface area (Å²) >= 11 is 0. The number of ether oxygens (including phenoxy) is 2. The zero-order valence-electron chi connectivity index (χ0n) is 37.1. The van der Waals surface area contributed by atoms with Gasteiger partial charge in [0.2, 0.25) is 0 Å². The van der Waals surface area contributed by atoms with Gasteiger partial charge in [-0.05, 0) is 89.9 Å². The topological polar surface area (TPSA) is 192 Å². The molecule has 0 aliphatic carbocycles. The molecule has 0 fully saturated rings. The molecule has 0 heterocycles. The highest BCUT2D eigenvalue weighted by atomic mass is 31.2. The summed E-state index contributed by atoms with van der Waals surface area (Å²) in [7, 11) is -4.76. The van der Waals surface area contributed by atoms with E-state index in [-0.39, 0.29) is 12.8 Å². The van der Waals surface area contributed by atoms with Crippen molar-refractivity contribution >= 4 is 25.7 Å². The minimum atomic E-state index is -4.76. The van der Waals surface area contributed by atoms with E-state index < -0.39 is 63.8 Å². The number of nitrogens with two attached hydrogens (primary N) is 1. The fourth-order valence-corrected chi connectivity index (χ4v) is 6.08. The third kappa shape index (κ3) is 41.5. The van der Waals surface area contributed by atoms with E-state index in [2.05, 4.69) is 73.1 Å². The lowest BCUT2D eigenvalue weighted by molar-refractivity contribution is -0.161. The lowest BCUT2D eigenvalue weighted by Crippen LogP contribution is -2.34. The molecule has 61 heavy (non-hydrogen) atoms. The van der Waals surface area contributed by atoms with Crippen molar-refractivity contribution in [3.8, 4) is 0 Å². The summed E-state index contributed by atoms with van der Waals surface area (Å²) in [5.41, 5.74) is 5.32. The van der Waals surface area contributed by atoms with Gasteiger partial charge in [-0.1, -0.05) is 143 Å². The summed E-state index contributed by atoms with van der Waals surface area (Å²) in [6, 6.07) is -1.55. The molecule has 0 amide bonds. The number of carboxylic acid groups (broad SMARTS) is 1. The monoisotopic (exact) mass is 876 g/mol. The van der Waals surface area contributed by atoms with Crippen molar-refractivity contribution in [1.29, 1.82) is 0 Å². The van der Waals surface area contributed by atoms with Crippen molar-refractivity contribution in [3.63, 3.8) is 0 Å². The van der Waals surface area contributed by atoms with Crippen LogP contribution in [0.4, 0.5) is 0 Å². The first-order chi connectivity index (χ1) is 29.5. The number of hydrogen-bond donors (Lipinski definition) is 4. The Balaban J connectivity index is 4.59. The van der Waals surface area contributed by atoms with Crippen molar-refractivity contribution in [2.24, 2.45) is 5.73 Å². The van der Waals surface area contributed by atoms with Gasteiger partial charge in [0.1, 0.15) is 12.6 Å². The van der Waals surface area contributed by atoms with Crippen LogP contribution in [-0.4, -0.2) is 71.1 Å². The fraction of sp³-hybridized carbons (Fsp3) is 0.604. The van der Waals surface area contributed by atoms with Gasteiger partial charge in [-0.15, -0.1) is 0 Å². The van der Waals surface area contributed by atoms with Gasteiger partial charge in [0, 0.05) is 12.8 Å². The summed E-state index contributed by atoms with van der Waals surface area (Å²) in [6.07, 6.45) is 49.3. The first-order valence-electron chi connectivity index (χ1n) is 22.4. The minimum Gasteiger partial charge on any atom is -0.480 e. The zero-order valence-corrected chi connectivity index (χ0v) is 38.0. The number of carboxylic acids is 1. The summed E-state index contributed by atoms with van der Waals surface area (Å²) in [4.78, 5) is 46.0. The smallest absolute Gasteiger partial charge is 0.472 e. The number of allylic oxidation sites excluding steroid dienone is 14. The number of esters is 2. The molecule has 0 radical (unpaired) electrons. The molecule has 5 N–H and O–H groups in total. The molecule has 0 bridgehead atoms. The Morgan fingerprint density at radius 2 is 1.08 bits per heavy atom. The van der Waals surface area contributed by atoms with Crippen LogP contribution in [-0.2, 0) is 37.5 Å². The van der Waals surface area contributed by atoms with Gasteiger partial charge >= 0.3 is 25.7 Å². The molecule has 0 aromatic carbocycles. The number of carbonyl (C=O) groups is 3. The maximum atomic E-state index is 12.6. The number of aliphatic hydroxyl groups is 1. The standard InChI is InChI=1S/C48H78NO11P/c1-3-5-7-9-11-12-13-14-15-16-17-18-19-20-21-22-26-30-34-38-46(51)57-40-44(41-58-61(55,56)59-42-45(49)48(53)54)60-47(52)39-35-31-27-24-23-25-29-33-37-43(50)36-32-28-10-8-6-4-2/h11-12,14-15,17-18,20-21,24-25,27-29,32-33,37,43-45,50H,3-10,13,16,19,22-23,26,30-31,34-36,38-42,49H2,1-2H3,(H,53,54)(H,55,56)/b12-11-,15-14-,18-17-,21-20-,27-24-,29-25-,32-28-,37-33+/t43-,44+,45-/m0/s1. The number of hydrogen-bond acceptors (Lipinski definition) is 10. The number of aliphatic hydroxyl groups excluding tert-OH is 1. The van der Waals surface area contributed by atoms with Crippen LogP contribution in [0, 0.1) is 0 Å². The minimum absolute atomic E-state index is 0.0402. The van der Waals surface area contributed by atoms with Crippen LogP contribution < -0.4 is 5.73 Å². The van der Waals surface area contributed by atoms with Crippen molar-refractivity contribution in [2.75, 3.05) is 19.8 Å². The molecule has 0 aliphatic rings. The predicted molar refractivity (Wildman–Crippen MR) is 246 cm³/mol. The third-order valence-corrected chi connectivity index (χ3v) is 9.84. The number of phosphoric ester groups is 1. The lowest BCUT2D eigenvalue weighted by atomic mass is 10.1. The highest BCUT2D eigenvalue weighted by Gasteiger charge is 2.28. The van der Waals surface area contributed by atoms with Gasteiger partial charge in [0.05, 0.1) is 19.3 Å². The fourth-order valence-electron chi connectivity index (χ4n) is 5.30. The second-order valence-electron chi connectivity index (χ2n) is 14.7. The Morgan fingerprint density at radius 1 is 0.590 bits per heavy atom. The SMILES string of the molecule is CCCCC/C=C\C/C=C\C/C=C\C/C=C\CCCCCC(=O)OC[C@H](COP(=O)(O)OC[C@H](N)C(=O)O)OC(=O)CCC/C=C\C/C=C\C=C\[C@@H](O)C/C=C\CCCCC. The van der Waals surface area contributed by atoms with E-state index in [9.17, 15) is 28.9 Å². The highest BCUT2D eigenvalue weighted by molar-refractivity contribution is 7.47. The molecule has 0 rings (SSSR count). The van der Waals surface area contributed by atoms with Crippen molar-refractivity contribution in [3.05, 3.63) is 97.2 Å². The molecule has 4 atom stereocenters. The Hall–Kier alpha value is -3.64. The van der Waals surface area contributed by atoms with E-state index in [0.717, 1.165) is 51.4 Å². The van der Waals surface area contributed by atoms with Crippen LogP contribution in [0.5, 0.6) is 0 Å². The molecule has 0 aromatic rings. The molecule has 1 unspecified atom stereocenters. The van der Waals surface area contributed by atoms with Gasteiger partial charge in [-0.2, -0.15) is 0 Å². The number of unbranched alkanes of at least 4 members (excludes halogenated alkanes) is 10. The highest BCUT2D eigenvalue weighted by Crippen LogP contribution is 2.43. The Bertz CT molecular complexity index is 1420. The molecule has 0 saturated heterocycles. The maximum absolute atomic E-state index is 12.6. The van der Waals surface area contributed by atoms with Crippen molar-refractivity contribution in [2.45, 2.75) is 167 Å². The summed E-state index contributed by atoms with van der Waals surface area (Å²) in [5, 5.41) is 18.9. The van der Waals surface area contributed by atoms with E-state index in [4.69, 9.17) is 24.8 Å². The van der Waals surface area contributed by atoms with Crippen LogP contribution in [0.15, 0.2) is 97.2 Å². The predicted octanol–water partition coefficient (Wildman–Crippen LogP) is 11.0. The van der Waals surface area contributed by atoms with Crippen LogP contribution in [0.3, 0.4) is 0 Å². The molecule has 346 valence electrons. The van der Waals surface area contributed by atoms with Crippen molar-refractivity contribution < 1.29 is 52.6 Å². The number of carbonyl (C=O) groups excluding carboxylic acids is 2. The van der Waals surface area contributed by atoms with Gasteiger partial charge in [-0.3, -0.25) is 23.4 Å². The van der Waals surface area contributed by atoms with Crippen LogP contribution in [0.1, 0.15) is 149 Å². The summed E-state index contributed by atoms with van der Waals surface area (Å²) < 4.78 is 32.6. The summed E-state index contributed by atoms with van der Waals surface area (Å²) in [5.74, 6) is -2.55. The van der Waals surface area contributed by atoms with Crippen LogP contribution in [0.25, 0.3) is 0 Å². The molecule has 13 heteroatoms. The maximum Gasteiger partial charge on any atom is 0.472 e. The van der Waals surface area contributed by atoms with Gasteiger partial charge in [0.25, 0.3) is 0 Å². The number of rotatable bonds is 40. The Kier molecular flexibility index (Phi) is 39.2. The largest absolute Gasteiger partial charge is 0.480 e.